The third-order valence-corrected chi connectivity index (χ3v) is 2.95. The van der Waals surface area contributed by atoms with E-state index in [4.69, 9.17) is 5.26 Å². The smallest absolute Gasteiger partial charge is 0.221 e. The Balaban J connectivity index is 2.12. The van der Waals surface area contributed by atoms with Gasteiger partial charge in [-0.1, -0.05) is 0 Å². The van der Waals surface area contributed by atoms with E-state index in [9.17, 15) is 4.79 Å². The molecule has 0 spiro atoms. The largest absolute Gasteiger partial charge is 0.326 e. The fourth-order valence-corrected chi connectivity index (χ4v) is 2.06. The molecule has 94 valence electrons. The average Bonchev–Trinajstić information content (AvgIpc) is 2.84. The summed E-state index contributed by atoms with van der Waals surface area (Å²) >= 11 is 1.41. The minimum atomic E-state index is -0.119. The highest BCUT2D eigenvalue weighted by Gasteiger charge is 2.01. The average molecular weight is 270 g/mol. The maximum absolute atomic E-state index is 10.9. The molecule has 0 unspecified atom stereocenters. The number of hydrogen-bond donors (Lipinski definition) is 1. The number of hydrogen-bond acceptors (Lipinski definition) is 5. The van der Waals surface area contributed by atoms with Gasteiger partial charge in [0.05, 0.1) is 11.3 Å². The molecule has 5 nitrogen and oxygen atoms in total. The Hall–Kier alpha value is -2.52. The maximum atomic E-state index is 10.9. The van der Waals surface area contributed by atoms with Gasteiger partial charge < -0.3 is 5.32 Å². The number of nitrogens with one attached hydrogen (secondary N) is 1. The highest BCUT2D eigenvalue weighted by atomic mass is 32.1. The second kappa shape index (κ2) is 5.89. The molecule has 2 rings (SSSR count). The minimum Gasteiger partial charge on any atom is -0.326 e. The van der Waals surface area contributed by atoms with Crippen molar-refractivity contribution in [1.82, 2.24) is 0 Å². The van der Waals surface area contributed by atoms with Crippen LogP contribution in [0.4, 0.5) is 17.1 Å². The van der Waals surface area contributed by atoms with Gasteiger partial charge in [-0.2, -0.15) is 10.4 Å². The van der Waals surface area contributed by atoms with Crippen LogP contribution in [0.5, 0.6) is 0 Å². The number of carbonyl (C=O) groups excluding carboxylic acids is 1. The van der Waals surface area contributed by atoms with Gasteiger partial charge in [0.25, 0.3) is 0 Å². The molecule has 1 amide bonds. The topological polar surface area (TPSA) is 77.6 Å². The van der Waals surface area contributed by atoms with Crippen molar-refractivity contribution in [2.24, 2.45) is 10.2 Å². The molecule has 1 aromatic heterocycles. The lowest BCUT2D eigenvalue weighted by molar-refractivity contribution is -0.114. The Morgan fingerprint density at radius 1 is 1.26 bits per heavy atom. The number of anilines is 1. The van der Waals surface area contributed by atoms with Crippen LogP contribution in [0.3, 0.4) is 0 Å². The van der Waals surface area contributed by atoms with Gasteiger partial charge in [0.2, 0.25) is 5.91 Å². The Labute approximate surface area is 114 Å². The van der Waals surface area contributed by atoms with Crippen molar-refractivity contribution in [3.05, 3.63) is 40.6 Å². The second-order valence-electron chi connectivity index (χ2n) is 3.71. The molecular formula is C13H10N4OS. The Bertz CT molecular complexity index is 652. The quantitative estimate of drug-likeness (QED) is 0.856. The molecule has 0 fully saturated rings. The molecule has 6 heteroatoms. The van der Waals surface area contributed by atoms with Crippen molar-refractivity contribution in [2.75, 3.05) is 5.32 Å². The van der Waals surface area contributed by atoms with E-state index in [1.807, 2.05) is 0 Å². The normalized spacial score (nSPS) is 10.3. The summed E-state index contributed by atoms with van der Waals surface area (Å²) in [5, 5.41) is 23.1. The molecule has 0 aliphatic carbocycles. The zero-order valence-corrected chi connectivity index (χ0v) is 10.9. The van der Waals surface area contributed by atoms with E-state index in [-0.39, 0.29) is 5.91 Å². The summed E-state index contributed by atoms with van der Waals surface area (Å²) in [4.78, 5) is 10.9. The predicted octanol–water partition coefficient (Wildman–Crippen LogP) is 3.99. The minimum absolute atomic E-state index is 0.119. The van der Waals surface area contributed by atoms with Crippen molar-refractivity contribution in [1.29, 1.82) is 5.26 Å². The van der Waals surface area contributed by atoms with Crippen LogP contribution in [0, 0.1) is 11.3 Å². The molecule has 0 aliphatic heterocycles. The number of amides is 1. The molecule has 0 bridgehead atoms. The van der Waals surface area contributed by atoms with E-state index in [1.54, 1.807) is 35.0 Å². The zero-order chi connectivity index (χ0) is 13.7. The van der Waals surface area contributed by atoms with Crippen LogP contribution in [0.25, 0.3) is 0 Å². The third kappa shape index (κ3) is 3.47. The van der Waals surface area contributed by atoms with Crippen molar-refractivity contribution in [3.63, 3.8) is 0 Å². The van der Waals surface area contributed by atoms with Crippen LogP contribution in [0.15, 0.2) is 45.3 Å². The molecule has 19 heavy (non-hydrogen) atoms. The van der Waals surface area contributed by atoms with Gasteiger partial charge in [-0.25, -0.2) is 0 Å². The number of nitrogens with zero attached hydrogens (tertiary/aromatic N) is 3. The van der Waals surface area contributed by atoms with Crippen molar-refractivity contribution >= 4 is 34.3 Å². The molecule has 0 saturated carbocycles. The fraction of sp³-hybridized carbons (Fsp3) is 0.0769. The van der Waals surface area contributed by atoms with Gasteiger partial charge in [-0.15, -0.1) is 16.5 Å². The van der Waals surface area contributed by atoms with E-state index >= 15 is 0 Å². The van der Waals surface area contributed by atoms with Crippen molar-refractivity contribution in [3.8, 4) is 6.07 Å². The van der Waals surface area contributed by atoms with Gasteiger partial charge in [0.1, 0.15) is 11.8 Å². The van der Waals surface area contributed by atoms with Gasteiger partial charge in [-0.05, 0) is 24.3 Å². The van der Waals surface area contributed by atoms with Crippen LogP contribution >= 0.6 is 11.3 Å². The zero-order valence-electron chi connectivity index (χ0n) is 10.1. The first-order chi connectivity index (χ1) is 9.19. The first-order valence-electron chi connectivity index (χ1n) is 5.45. The molecule has 0 saturated heterocycles. The summed E-state index contributed by atoms with van der Waals surface area (Å²) in [6, 6.07) is 9.03. The van der Waals surface area contributed by atoms with E-state index < -0.39 is 0 Å². The van der Waals surface area contributed by atoms with Gasteiger partial charge in [0, 0.05) is 23.4 Å². The number of benzene rings is 1. The lowest BCUT2D eigenvalue weighted by Crippen LogP contribution is -2.04. The van der Waals surface area contributed by atoms with E-state index in [0.717, 1.165) is 0 Å². The third-order valence-electron chi connectivity index (χ3n) is 2.22. The molecule has 0 radical (unpaired) electrons. The molecule has 1 heterocycles. The molecule has 2 aromatic rings. The first-order valence-corrected chi connectivity index (χ1v) is 6.39. The summed E-state index contributed by atoms with van der Waals surface area (Å²) in [5.41, 5.74) is 2.45. The van der Waals surface area contributed by atoms with Crippen molar-refractivity contribution in [2.45, 2.75) is 6.92 Å². The standard InChI is InChI=1S/C13H10N4OS/c1-9(18)15-11-2-4-12(5-3-11)16-17-13-8-19-7-10(13)6-14/h2-5,7-8H,1H3,(H,15,18). The molecule has 0 aliphatic rings. The Kier molecular flexibility index (Phi) is 4.00. The van der Waals surface area contributed by atoms with Crippen molar-refractivity contribution < 1.29 is 4.79 Å². The van der Waals surface area contributed by atoms with Crippen LogP contribution in [0.1, 0.15) is 12.5 Å². The summed E-state index contributed by atoms with van der Waals surface area (Å²) in [6.45, 7) is 1.45. The van der Waals surface area contributed by atoms with E-state index in [2.05, 4.69) is 21.6 Å². The molecule has 1 aromatic carbocycles. The second-order valence-corrected chi connectivity index (χ2v) is 4.45. The highest BCUT2D eigenvalue weighted by Crippen LogP contribution is 2.25. The highest BCUT2D eigenvalue weighted by molar-refractivity contribution is 7.08. The maximum Gasteiger partial charge on any atom is 0.221 e. The number of carbonyl (C=O) groups is 1. The van der Waals surface area contributed by atoms with Gasteiger partial charge >= 0.3 is 0 Å². The summed E-state index contributed by atoms with van der Waals surface area (Å²) in [6.07, 6.45) is 0. The van der Waals surface area contributed by atoms with Crippen LogP contribution in [-0.4, -0.2) is 5.91 Å². The van der Waals surface area contributed by atoms with Crippen LogP contribution in [0.2, 0.25) is 0 Å². The van der Waals surface area contributed by atoms with Crippen LogP contribution < -0.4 is 5.32 Å². The first kappa shape index (κ1) is 12.9. The SMILES string of the molecule is CC(=O)Nc1ccc(N=Nc2cscc2C#N)cc1. The molecule has 1 N–H and O–H groups in total. The Morgan fingerprint density at radius 3 is 2.63 bits per heavy atom. The number of rotatable bonds is 3. The molecule has 0 atom stereocenters. The number of thiophene rings is 1. The van der Waals surface area contributed by atoms with Gasteiger partial charge in [-0.3, -0.25) is 4.79 Å². The van der Waals surface area contributed by atoms with Crippen LogP contribution in [-0.2, 0) is 4.79 Å². The predicted molar refractivity (Wildman–Crippen MR) is 74.0 cm³/mol. The fourth-order valence-electron chi connectivity index (χ4n) is 1.38. The van der Waals surface area contributed by atoms with E-state index in [1.165, 1.54) is 18.3 Å². The number of nitriles is 1. The number of azo groups is 1. The lowest BCUT2D eigenvalue weighted by Gasteiger charge is -2.00. The Morgan fingerprint density at radius 2 is 2.00 bits per heavy atom. The van der Waals surface area contributed by atoms with Gasteiger partial charge in [0.15, 0.2) is 0 Å². The summed E-state index contributed by atoms with van der Waals surface area (Å²) < 4.78 is 0. The summed E-state index contributed by atoms with van der Waals surface area (Å²) in [5.74, 6) is -0.119. The lowest BCUT2D eigenvalue weighted by atomic mass is 10.3. The van der Waals surface area contributed by atoms with E-state index in [0.29, 0.717) is 22.6 Å². The summed E-state index contributed by atoms with van der Waals surface area (Å²) in [7, 11) is 0. The molecular weight excluding hydrogens is 260 g/mol. The monoisotopic (exact) mass is 270 g/mol.